The highest BCUT2D eigenvalue weighted by molar-refractivity contribution is 5.85. The SMILES string of the molecule is CC(=O)O[C@H](C(=O)N1CCc2ccccc2[C@@H]1c1ccccc1F)c1ccccc1. The van der Waals surface area contributed by atoms with Crippen molar-refractivity contribution >= 4 is 11.9 Å². The van der Waals surface area contributed by atoms with Crippen LogP contribution in [0.2, 0.25) is 0 Å². The molecule has 0 aromatic heterocycles. The van der Waals surface area contributed by atoms with Gasteiger partial charge < -0.3 is 9.64 Å². The van der Waals surface area contributed by atoms with Crippen LogP contribution in [0.4, 0.5) is 4.39 Å². The van der Waals surface area contributed by atoms with Gasteiger partial charge in [-0.1, -0.05) is 72.8 Å². The number of fused-ring (bicyclic) bond motifs is 1. The Morgan fingerprint density at radius 1 is 0.933 bits per heavy atom. The fourth-order valence-corrected chi connectivity index (χ4v) is 4.04. The molecule has 4 nitrogen and oxygen atoms in total. The van der Waals surface area contributed by atoms with E-state index in [1.165, 1.54) is 13.0 Å². The zero-order valence-corrected chi connectivity index (χ0v) is 16.6. The molecule has 1 amide bonds. The van der Waals surface area contributed by atoms with E-state index in [4.69, 9.17) is 4.74 Å². The van der Waals surface area contributed by atoms with E-state index in [0.29, 0.717) is 24.1 Å². The van der Waals surface area contributed by atoms with Crippen molar-refractivity contribution in [2.45, 2.75) is 25.5 Å². The number of carbonyl (C=O) groups is 2. The summed E-state index contributed by atoms with van der Waals surface area (Å²) in [6, 6.07) is 22.6. The molecule has 5 heteroatoms. The lowest BCUT2D eigenvalue weighted by atomic mass is 9.87. The van der Waals surface area contributed by atoms with E-state index in [1.54, 1.807) is 47.4 Å². The van der Waals surface area contributed by atoms with E-state index in [0.717, 1.165) is 11.1 Å². The number of amides is 1. The first-order valence-electron chi connectivity index (χ1n) is 9.91. The molecule has 1 aliphatic rings. The van der Waals surface area contributed by atoms with E-state index in [2.05, 4.69) is 0 Å². The van der Waals surface area contributed by atoms with Gasteiger partial charge in [0.2, 0.25) is 6.10 Å². The van der Waals surface area contributed by atoms with Crippen LogP contribution in [-0.4, -0.2) is 23.3 Å². The normalized spacial score (nSPS) is 16.5. The molecular weight excluding hydrogens is 381 g/mol. The van der Waals surface area contributed by atoms with Crippen LogP contribution in [0.15, 0.2) is 78.9 Å². The van der Waals surface area contributed by atoms with Crippen LogP contribution < -0.4 is 0 Å². The number of ether oxygens (including phenoxy) is 1. The molecule has 3 aromatic rings. The topological polar surface area (TPSA) is 46.6 Å². The van der Waals surface area contributed by atoms with Crippen LogP contribution in [0, 0.1) is 5.82 Å². The van der Waals surface area contributed by atoms with Gasteiger partial charge in [-0.3, -0.25) is 9.59 Å². The zero-order chi connectivity index (χ0) is 21.1. The fraction of sp³-hybridized carbons (Fsp3) is 0.200. The second-order valence-corrected chi connectivity index (χ2v) is 7.30. The minimum atomic E-state index is -1.08. The summed E-state index contributed by atoms with van der Waals surface area (Å²) in [5.74, 6) is -1.28. The van der Waals surface area contributed by atoms with Crippen LogP contribution >= 0.6 is 0 Å². The number of carbonyl (C=O) groups excluding carboxylic acids is 2. The van der Waals surface area contributed by atoms with Crippen molar-refractivity contribution in [1.29, 1.82) is 0 Å². The van der Waals surface area contributed by atoms with Crippen LogP contribution in [0.25, 0.3) is 0 Å². The zero-order valence-electron chi connectivity index (χ0n) is 16.6. The van der Waals surface area contributed by atoms with Gasteiger partial charge in [0, 0.05) is 24.6 Å². The van der Waals surface area contributed by atoms with Crippen LogP contribution in [-0.2, 0) is 20.7 Å². The van der Waals surface area contributed by atoms with Gasteiger partial charge in [0.25, 0.3) is 5.91 Å². The number of esters is 1. The molecule has 0 fully saturated rings. The van der Waals surface area contributed by atoms with Gasteiger partial charge in [-0.25, -0.2) is 4.39 Å². The first-order valence-corrected chi connectivity index (χ1v) is 9.91. The summed E-state index contributed by atoms with van der Waals surface area (Å²) in [5, 5.41) is 0. The second kappa shape index (κ2) is 8.49. The number of hydrogen-bond acceptors (Lipinski definition) is 3. The van der Waals surface area contributed by atoms with Crippen molar-refractivity contribution in [3.8, 4) is 0 Å². The number of hydrogen-bond donors (Lipinski definition) is 0. The fourth-order valence-electron chi connectivity index (χ4n) is 4.04. The molecule has 0 saturated carbocycles. The van der Waals surface area contributed by atoms with Gasteiger partial charge in [0.1, 0.15) is 5.82 Å². The summed E-state index contributed by atoms with van der Waals surface area (Å²) in [6.45, 7) is 1.68. The maximum atomic E-state index is 14.8. The third-order valence-electron chi connectivity index (χ3n) is 5.38. The third kappa shape index (κ3) is 3.83. The van der Waals surface area contributed by atoms with Crippen molar-refractivity contribution in [2.24, 2.45) is 0 Å². The predicted octanol–water partition coefficient (Wildman–Crippen LogP) is 4.60. The molecule has 152 valence electrons. The lowest BCUT2D eigenvalue weighted by Gasteiger charge is -2.39. The lowest BCUT2D eigenvalue weighted by molar-refractivity contribution is -0.160. The number of benzene rings is 3. The van der Waals surface area contributed by atoms with Crippen molar-refractivity contribution in [1.82, 2.24) is 4.90 Å². The molecule has 0 N–H and O–H groups in total. The monoisotopic (exact) mass is 403 g/mol. The molecule has 3 aromatic carbocycles. The quantitative estimate of drug-likeness (QED) is 0.598. The highest BCUT2D eigenvalue weighted by Crippen LogP contribution is 2.38. The minimum Gasteiger partial charge on any atom is -0.447 e. The molecule has 0 unspecified atom stereocenters. The Bertz CT molecular complexity index is 1070. The number of nitrogens with zero attached hydrogens (tertiary/aromatic N) is 1. The van der Waals surface area contributed by atoms with Crippen molar-refractivity contribution in [3.63, 3.8) is 0 Å². The molecule has 0 bridgehead atoms. The standard InChI is InChI=1S/C25H22FNO3/c1-17(28)30-24(19-10-3-2-4-11-19)25(29)27-16-15-18-9-5-6-12-20(18)23(27)21-13-7-8-14-22(21)26/h2-14,23-24H,15-16H2,1H3/t23-,24+/m1/s1. The summed E-state index contributed by atoms with van der Waals surface area (Å²) >= 11 is 0. The largest absolute Gasteiger partial charge is 0.447 e. The molecule has 4 rings (SSSR count). The van der Waals surface area contributed by atoms with E-state index in [9.17, 15) is 14.0 Å². The summed E-state index contributed by atoms with van der Waals surface area (Å²) < 4.78 is 20.2. The van der Waals surface area contributed by atoms with Gasteiger partial charge in [-0.05, 0) is 23.6 Å². The molecule has 30 heavy (non-hydrogen) atoms. The first kappa shape index (κ1) is 19.8. The minimum absolute atomic E-state index is 0.362. The van der Waals surface area contributed by atoms with Gasteiger partial charge in [-0.2, -0.15) is 0 Å². The van der Waals surface area contributed by atoms with Crippen LogP contribution in [0.3, 0.4) is 0 Å². The highest BCUT2D eigenvalue weighted by atomic mass is 19.1. The van der Waals surface area contributed by atoms with Gasteiger partial charge in [0.15, 0.2) is 0 Å². The lowest BCUT2D eigenvalue weighted by Crippen LogP contribution is -2.44. The smallest absolute Gasteiger partial charge is 0.303 e. The molecule has 0 spiro atoms. The third-order valence-corrected chi connectivity index (χ3v) is 5.38. The Morgan fingerprint density at radius 3 is 2.27 bits per heavy atom. The average molecular weight is 403 g/mol. The Labute approximate surface area is 174 Å². The van der Waals surface area contributed by atoms with Crippen LogP contribution in [0.1, 0.15) is 41.3 Å². The highest BCUT2D eigenvalue weighted by Gasteiger charge is 2.38. The summed E-state index contributed by atoms with van der Waals surface area (Å²) in [5.41, 5.74) is 2.98. The molecule has 0 radical (unpaired) electrons. The maximum Gasteiger partial charge on any atom is 0.303 e. The molecular formula is C25H22FNO3. The predicted molar refractivity (Wildman–Crippen MR) is 111 cm³/mol. The van der Waals surface area contributed by atoms with E-state index in [-0.39, 0.29) is 11.7 Å². The van der Waals surface area contributed by atoms with Crippen molar-refractivity contribution in [2.75, 3.05) is 6.54 Å². The number of halogens is 1. The summed E-state index contributed by atoms with van der Waals surface area (Å²) in [4.78, 5) is 27.1. The molecule has 1 aliphatic heterocycles. The van der Waals surface area contributed by atoms with E-state index in [1.807, 2.05) is 30.3 Å². The Balaban J connectivity index is 1.80. The maximum absolute atomic E-state index is 14.8. The summed E-state index contributed by atoms with van der Waals surface area (Å²) in [7, 11) is 0. The molecule has 2 atom stereocenters. The first-order chi connectivity index (χ1) is 14.6. The van der Waals surface area contributed by atoms with Gasteiger partial charge in [0.05, 0.1) is 6.04 Å². The summed E-state index contributed by atoms with van der Waals surface area (Å²) in [6.07, 6.45) is -0.433. The van der Waals surface area contributed by atoms with Gasteiger partial charge >= 0.3 is 5.97 Å². The molecule has 0 aliphatic carbocycles. The second-order valence-electron chi connectivity index (χ2n) is 7.30. The average Bonchev–Trinajstić information content (AvgIpc) is 2.77. The van der Waals surface area contributed by atoms with Crippen LogP contribution in [0.5, 0.6) is 0 Å². The Morgan fingerprint density at radius 2 is 1.57 bits per heavy atom. The van der Waals surface area contributed by atoms with E-state index < -0.39 is 18.1 Å². The van der Waals surface area contributed by atoms with E-state index >= 15 is 0 Å². The van der Waals surface area contributed by atoms with Crippen molar-refractivity contribution in [3.05, 3.63) is 107 Å². The van der Waals surface area contributed by atoms with Gasteiger partial charge in [-0.15, -0.1) is 0 Å². The van der Waals surface area contributed by atoms with Crippen molar-refractivity contribution < 1.29 is 18.7 Å². The Hall–Kier alpha value is -3.47. The molecule has 1 heterocycles. The molecule has 0 saturated heterocycles. The Kier molecular flexibility index (Phi) is 5.61. The number of rotatable bonds is 4.